The Morgan fingerprint density at radius 1 is 1.17 bits per heavy atom. The Hall–Kier alpha value is -3.32. The number of benzene rings is 2. The number of aldehydes is 1. The topological polar surface area (TPSA) is 105 Å². The molecule has 4 rings (SSSR count). The summed E-state index contributed by atoms with van der Waals surface area (Å²) in [6.45, 7) is 1.91. The SMILES string of the molecule is Cc1ccc(C(=O)NC2CC2)cc1N1N=CC(C(=O)c2cccc(C=O)c2)C1N. The molecule has 1 heterocycles. The van der Waals surface area contributed by atoms with Crippen molar-refractivity contribution in [3.8, 4) is 0 Å². The minimum absolute atomic E-state index is 0.121. The van der Waals surface area contributed by atoms with Gasteiger partial charge in [0.1, 0.15) is 12.5 Å². The summed E-state index contributed by atoms with van der Waals surface area (Å²) in [7, 11) is 0. The molecule has 148 valence electrons. The summed E-state index contributed by atoms with van der Waals surface area (Å²) in [6, 6.07) is 12.2. The van der Waals surface area contributed by atoms with Gasteiger partial charge in [0.2, 0.25) is 0 Å². The van der Waals surface area contributed by atoms with Crippen LogP contribution in [0.2, 0.25) is 0 Å². The van der Waals surface area contributed by atoms with Crippen molar-refractivity contribution in [1.82, 2.24) is 5.32 Å². The number of rotatable bonds is 6. The van der Waals surface area contributed by atoms with E-state index in [1.165, 1.54) is 6.21 Å². The van der Waals surface area contributed by atoms with Crippen LogP contribution in [0.5, 0.6) is 0 Å². The highest BCUT2D eigenvalue weighted by atomic mass is 16.2. The number of hydrazone groups is 1. The number of ketones is 1. The van der Waals surface area contributed by atoms with Gasteiger partial charge in [-0.05, 0) is 43.5 Å². The fraction of sp³-hybridized carbons (Fsp3) is 0.273. The van der Waals surface area contributed by atoms with E-state index in [2.05, 4.69) is 10.4 Å². The number of carbonyl (C=O) groups is 3. The summed E-state index contributed by atoms with van der Waals surface area (Å²) in [5.74, 6) is -0.975. The molecule has 2 atom stereocenters. The predicted octanol–water partition coefficient (Wildman–Crippen LogP) is 2.29. The molecule has 1 saturated carbocycles. The van der Waals surface area contributed by atoms with Gasteiger partial charge >= 0.3 is 0 Å². The van der Waals surface area contributed by atoms with Crippen molar-refractivity contribution in [3.05, 3.63) is 64.7 Å². The number of amides is 1. The molecule has 7 nitrogen and oxygen atoms in total. The Bertz CT molecular complexity index is 1010. The van der Waals surface area contributed by atoms with E-state index < -0.39 is 12.1 Å². The van der Waals surface area contributed by atoms with Crippen molar-refractivity contribution < 1.29 is 14.4 Å². The molecule has 0 aromatic heterocycles. The van der Waals surface area contributed by atoms with E-state index in [0.29, 0.717) is 28.7 Å². The van der Waals surface area contributed by atoms with Crippen molar-refractivity contribution in [2.45, 2.75) is 32.0 Å². The number of nitrogens with zero attached hydrogens (tertiary/aromatic N) is 2. The number of Topliss-reactive ketones (excluding diaryl/α,β-unsaturated/α-hetero) is 1. The fourth-order valence-electron chi connectivity index (χ4n) is 3.36. The molecular formula is C22H22N4O3. The Kier molecular flexibility index (Phi) is 4.98. The number of hydrogen-bond acceptors (Lipinski definition) is 6. The van der Waals surface area contributed by atoms with E-state index in [4.69, 9.17) is 5.73 Å². The summed E-state index contributed by atoms with van der Waals surface area (Å²) >= 11 is 0. The summed E-state index contributed by atoms with van der Waals surface area (Å²) in [4.78, 5) is 36.3. The molecule has 2 unspecified atom stereocenters. The molecule has 1 fully saturated rings. The zero-order valence-corrected chi connectivity index (χ0v) is 16.0. The smallest absolute Gasteiger partial charge is 0.251 e. The van der Waals surface area contributed by atoms with Crippen LogP contribution in [0, 0.1) is 12.8 Å². The first kappa shape index (κ1) is 19.0. The molecule has 0 saturated heterocycles. The highest BCUT2D eigenvalue weighted by Gasteiger charge is 2.35. The largest absolute Gasteiger partial charge is 0.349 e. The highest BCUT2D eigenvalue weighted by Crippen LogP contribution is 2.29. The van der Waals surface area contributed by atoms with Crippen LogP contribution in [0.4, 0.5) is 5.69 Å². The minimum atomic E-state index is -0.706. The van der Waals surface area contributed by atoms with Crippen molar-refractivity contribution in [1.29, 1.82) is 0 Å². The molecule has 29 heavy (non-hydrogen) atoms. The molecule has 7 heteroatoms. The maximum atomic E-state index is 12.9. The second-order valence-electron chi connectivity index (χ2n) is 7.48. The maximum Gasteiger partial charge on any atom is 0.251 e. The number of anilines is 1. The van der Waals surface area contributed by atoms with E-state index in [1.807, 2.05) is 13.0 Å². The van der Waals surface area contributed by atoms with Crippen LogP contribution in [0.25, 0.3) is 0 Å². The van der Waals surface area contributed by atoms with Crippen LogP contribution in [0.1, 0.15) is 49.5 Å². The Morgan fingerprint density at radius 3 is 2.69 bits per heavy atom. The Balaban J connectivity index is 1.56. The van der Waals surface area contributed by atoms with E-state index in [-0.39, 0.29) is 17.7 Å². The minimum Gasteiger partial charge on any atom is -0.349 e. The number of hydrogen-bond donors (Lipinski definition) is 2. The molecule has 1 aliphatic carbocycles. The standard InChI is InChI=1S/C22H22N4O3/c1-13-5-6-16(22(29)25-17-7-8-17)10-19(13)26-21(23)18(11-24-26)20(28)15-4-2-3-14(9-15)12-27/h2-6,9-12,17-18,21H,7-8,23H2,1H3,(H,25,29). The van der Waals surface area contributed by atoms with Crippen LogP contribution < -0.4 is 16.1 Å². The molecule has 0 bridgehead atoms. The van der Waals surface area contributed by atoms with Crippen molar-refractivity contribution in [3.63, 3.8) is 0 Å². The van der Waals surface area contributed by atoms with Crippen molar-refractivity contribution in [2.75, 3.05) is 5.01 Å². The summed E-state index contributed by atoms with van der Waals surface area (Å²) in [5.41, 5.74) is 9.33. The quantitative estimate of drug-likeness (QED) is 0.582. The third kappa shape index (κ3) is 3.82. The monoisotopic (exact) mass is 390 g/mol. The van der Waals surface area contributed by atoms with Gasteiger partial charge in [0.15, 0.2) is 5.78 Å². The molecule has 2 aromatic carbocycles. The van der Waals surface area contributed by atoms with Crippen molar-refractivity contribution in [2.24, 2.45) is 16.8 Å². The Morgan fingerprint density at radius 2 is 1.97 bits per heavy atom. The van der Waals surface area contributed by atoms with Gasteiger partial charge in [-0.15, -0.1) is 0 Å². The van der Waals surface area contributed by atoms with Gasteiger partial charge in [0, 0.05) is 28.9 Å². The predicted molar refractivity (Wildman–Crippen MR) is 110 cm³/mol. The maximum absolute atomic E-state index is 12.9. The lowest BCUT2D eigenvalue weighted by Crippen LogP contribution is -2.43. The first-order valence-electron chi connectivity index (χ1n) is 9.58. The summed E-state index contributed by atoms with van der Waals surface area (Å²) in [5, 5.41) is 8.90. The van der Waals surface area contributed by atoms with Crippen molar-refractivity contribution >= 4 is 29.9 Å². The average molecular weight is 390 g/mol. The van der Waals surface area contributed by atoms with Crippen LogP contribution in [-0.2, 0) is 0 Å². The second-order valence-corrected chi connectivity index (χ2v) is 7.48. The van der Waals surface area contributed by atoms with E-state index >= 15 is 0 Å². The van der Waals surface area contributed by atoms with Crippen LogP contribution >= 0.6 is 0 Å². The molecular weight excluding hydrogens is 368 g/mol. The Labute approximate surface area is 168 Å². The van der Waals surface area contributed by atoms with Crippen LogP contribution in [0.15, 0.2) is 47.6 Å². The zero-order chi connectivity index (χ0) is 20.5. The van der Waals surface area contributed by atoms with Gasteiger partial charge in [-0.1, -0.05) is 24.3 Å². The molecule has 1 amide bonds. The lowest BCUT2D eigenvalue weighted by atomic mass is 9.95. The highest BCUT2D eigenvalue weighted by molar-refractivity contribution is 6.08. The van der Waals surface area contributed by atoms with Crippen LogP contribution in [0.3, 0.4) is 0 Å². The molecule has 3 N–H and O–H groups in total. The van der Waals surface area contributed by atoms with Gasteiger partial charge < -0.3 is 11.1 Å². The van der Waals surface area contributed by atoms with E-state index in [1.54, 1.807) is 41.4 Å². The molecule has 0 spiro atoms. The number of nitrogens with one attached hydrogen (secondary N) is 1. The van der Waals surface area contributed by atoms with Gasteiger partial charge in [-0.2, -0.15) is 5.10 Å². The van der Waals surface area contributed by atoms with E-state index in [0.717, 1.165) is 18.4 Å². The number of carbonyl (C=O) groups excluding carboxylic acids is 3. The third-order valence-electron chi connectivity index (χ3n) is 5.24. The summed E-state index contributed by atoms with van der Waals surface area (Å²) in [6.07, 6.45) is 3.55. The molecule has 0 radical (unpaired) electrons. The van der Waals surface area contributed by atoms with Gasteiger partial charge in [-0.3, -0.25) is 14.4 Å². The lowest BCUT2D eigenvalue weighted by molar-refractivity contribution is 0.0940. The third-order valence-corrected chi connectivity index (χ3v) is 5.24. The first-order chi connectivity index (χ1) is 14.0. The zero-order valence-electron chi connectivity index (χ0n) is 16.0. The normalized spacial score (nSPS) is 20.6. The van der Waals surface area contributed by atoms with Crippen LogP contribution in [-0.4, -0.2) is 36.4 Å². The number of aryl methyl sites for hydroxylation is 1. The van der Waals surface area contributed by atoms with Gasteiger partial charge in [0.25, 0.3) is 5.91 Å². The molecule has 1 aliphatic heterocycles. The lowest BCUT2D eigenvalue weighted by Gasteiger charge is -2.25. The number of nitrogens with two attached hydrogens (primary N) is 1. The van der Waals surface area contributed by atoms with Gasteiger partial charge in [0.05, 0.1) is 11.6 Å². The molecule has 2 aliphatic rings. The van der Waals surface area contributed by atoms with E-state index in [9.17, 15) is 14.4 Å². The molecule has 2 aromatic rings. The second kappa shape index (κ2) is 7.60. The van der Waals surface area contributed by atoms with Gasteiger partial charge in [-0.25, -0.2) is 5.01 Å². The fourth-order valence-corrected chi connectivity index (χ4v) is 3.36. The summed E-state index contributed by atoms with van der Waals surface area (Å²) < 4.78 is 0. The average Bonchev–Trinajstić information content (AvgIpc) is 3.47. The first-order valence-corrected chi connectivity index (χ1v) is 9.58.